The fourth-order valence-electron chi connectivity index (χ4n) is 3.58. The second-order valence-corrected chi connectivity index (χ2v) is 7.45. The third-order valence-corrected chi connectivity index (χ3v) is 4.93. The van der Waals surface area contributed by atoms with Gasteiger partial charge in [-0.3, -0.25) is 4.79 Å². The van der Waals surface area contributed by atoms with Crippen molar-refractivity contribution >= 4 is 12.3 Å². The van der Waals surface area contributed by atoms with Crippen molar-refractivity contribution in [3.05, 3.63) is 93.0 Å². The van der Waals surface area contributed by atoms with Crippen LogP contribution in [0.25, 0.3) is 0 Å². The van der Waals surface area contributed by atoms with Crippen LogP contribution in [0.2, 0.25) is 0 Å². The van der Waals surface area contributed by atoms with E-state index in [0.29, 0.717) is 28.9 Å². The molecule has 0 spiro atoms. The maximum absolute atomic E-state index is 12.5. The Balaban J connectivity index is 1.84. The Bertz CT molecular complexity index is 1050. The number of benzene rings is 3. The van der Waals surface area contributed by atoms with E-state index in [0.717, 1.165) is 39.8 Å². The van der Waals surface area contributed by atoms with Crippen molar-refractivity contribution in [2.75, 3.05) is 0 Å². The van der Waals surface area contributed by atoms with E-state index < -0.39 is 5.97 Å². The van der Waals surface area contributed by atoms with Gasteiger partial charge in [0.15, 0.2) is 0 Å². The van der Waals surface area contributed by atoms with Gasteiger partial charge in [0.1, 0.15) is 17.8 Å². The SMILES string of the molecule is Cc1cc(Cc2cc(C)c(OC(=O)c3cccc(C=O)c3)c(C)c2)cc(C)c1O. The van der Waals surface area contributed by atoms with Gasteiger partial charge >= 0.3 is 5.97 Å². The van der Waals surface area contributed by atoms with Crippen molar-refractivity contribution in [3.8, 4) is 11.5 Å². The number of ether oxygens (including phenoxy) is 1. The van der Waals surface area contributed by atoms with E-state index >= 15 is 0 Å². The van der Waals surface area contributed by atoms with Gasteiger partial charge in [-0.25, -0.2) is 4.79 Å². The van der Waals surface area contributed by atoms with Crippen LogP contribution < -0.4 is 4.74 Å². The first kappa shape index (κ1) is 20.3. The molecular formula is C25H24O4. The molecule has 0 aliphatic heterocycles. The van der Waals surface area contributed by atoms with Crippen molar-refractivity contribution in [2.45, 2.75) is 34.1 Å². The van der Waals surface area contributed by atoms with Gasteiger partial charge in [0.05, 0.1) is 5.56 Å². The first-order chi connectivity index (χ1) is 13.8. The summed E-state index contributed by atoms with van der Waals surface area (Å²) in [4.78, 5) is 23.4. The fraction of sp³-hybridized carbons (Fsp3) is 0.200. The number of hydrogen-bond acceptors (Lipinski definition) is 4. The molecule has 0 radical (unpaired) electrons. The van der Waals surface area contributed by atoms with Crippen molar-refractivity contribution in [1.29, 1.82) is 0 Å². The molecule has 0 atom stereocenters. The van der Waals surface area contributed by atoms with Crippen LogP contribution in [0, 0.1) is 27.7 Å². The number of carbonyl (C=O) groups is 2. The standard InChI is InChI=1S/C25H24O4/c1-15-8-20(9-16(2)23(15)27)12-21-10-17(3)24(18(4)11-21)29-25(28)22-7-5-6-19(13-22)14-26/h5-11,13-14,27H,12H2,1-4H3. The number of carbonyl (C=O) groups excluding carboxylic acids is 2. The maximum Gasteiger partial charge on any atom is 0.343 e. The lowest BCUT2D eigenvalue weighted by atomic mass is 9.97. The average molecular weight is 388 g/mol. The van der Waals surface area contributed by atoms with Crippen LogP contribution in [0.5, 0.6) is 11.5 Å². The number of hydrogen-bond donors (Lipinski definition) is 1. The topological polar surface area (TPSA) is 63.6 Å². The Morgan fingerprint density at radius 3 is 2.00 bits per heavy atom. The largest absolute Gasteiger partial charge is 0.507 e. The van der Waals surface area contributed by atoms with Crippen molar-refractivity contribution < 1.29 is 19.4 Å². The van der Waals surface area contributed by atoms with Crippen molar-refractivity contribution in [3.63, 3.8) is 0 Å². The van der Waals surface area contributed by atoms with Crippen LogP contribution in [-0.4, -0.2) is 17.4 Å². The van der Waals surface area contributed by atoms with Crippen molar-refractivity contribution in [2.24, 2.45) is 0 Å². The quantitative estimate of drug-likeness (QED) is 0.368. The minimum Gasteiger partial charge on any atom is -0.507 e. The molecule has 3 rings (SSSR count). The summed E-state index contributed by atoms with van der Waals surface area (Å²) in [7, 11) is 0. The summed E-state index contributed by atoms with van der Waals surface area (Å²) < 4.78 is 5.63. The number of phenolic OH excluding ortho intramolecular Hbond substituents is 1. The molecule has 0 bridgehead atoms. The Hall–Kier alpha value is -3.40. The van der Waals surface area contributed by atoms with E-state index in [1.165, 1.54) is 6.07 Å². The molecule has 0 aliphatic carbocycles. The summed E-state index contributed by atoms with van der Waals surface area (Å²) in [6, 6.07) is 14.4. The smallest absolute Gasteiger partial charge is 0.343 e. The first-order valence-electron chi connectivity index (χ1n) is 9.45. The van der Waals surface area contributed by atoms with E-state index in [4.69, 9.17) is 4.74 Å². The van der Waals surface area contributed by atoms with Crippen LogP contribution in [0.1, 0.15) is 54.1 Å². The Labute approximate surface area is 170 Å². The molecule has 0 saturated heterocycles. The second-order valence-electron chi connectivity index (χ2n) is 7.45. The number of phenols is 1. The zero-order valence-corrected chi connectivity index (χ0v) is 17.1. The summed E-state index contributed by atoms with van der Waals surface area (Å²) in [5.41, 5.74) is 6.45. The molecule has 4 nitrogen and oxygen atoms in total. The van der Waals surface area contributed by atoms with Crippen LogP contribution in [0.4, 0.5) is 0 Å². The number of aryl methyl sites for hydroxylation is 4. The molecule has 148 valence electrons. The van der Waals surface area contributed by atoms with E-state index in [1.807, 2.05) is 52.0 Å². The minimum atomic E-state index is -0.488. The molecule has 0 aromatic heterocycles. The average Bonchev–Trinajstić information content (AvgIpc) is 2.68. The molecule has 1 N–H and O–H groups in total. The van der Waals surface area contributed by atoms with Gasteiger partial charge in [-0.1, -0.05) is 36.4 Å². The molecule has 0 unspecified atom stereocenters. The number of rotatable bonds is 5. The third kappa shape index (κ3) is 4.54. The highest BCUT2D eigenvalue weighted by molar-refractivity contribution is 5.93. The zero-order chi connectivity index (χ0) is 21.1. The van der Waals surface area contributed by atoms with Gasteiger partial charge < -0.3 is 9.84 Å². The molecule has 0 heterocycles. The van der Waals surface area contributed by atoms with E-state index in [-0.39, 0.29) is 0 Å². The molecule has 0 saturated carbocycles. The molecule has 4 heteroatoms. The van der Waals surface area contributed by atoms with Crippen molar-refractivity contribution in [1.82, 2.24) is 0 Å². The third-order valence-electron chi connectivity index (χ3n) is 4.93. The lowest BCUT2D eigenvalue weighted by Crippen LogP contribution is -2.11. The first-order valence-corrected chi connectivity index (χ1v) is 9.45. The predicted octanol–water partition coefficient (Wildman–Crippen LogP) is 5.25. The number of aldehydes is 1. The molecule has 0 aliphatic rings. The molecule has 29 heavy (non-hydrogen) atoms. The second kappa shape index (κ2) is 8.31. The van der Waals surface area contributed by atoms with Gasteiger partial charge in [0.25, 0.3) is 0 Å². The van der Waals surface area contributed by atoms with E-state index in [9.17, 15) is 14.7 Å². The van der Waals surface area contributed by atoms with E-state index in [2.05, 4.69) is 0 Å². The molecule has 3 aromatic carbocycles. The summed E-state index contributed by atoms with van der Waals surface area (Å²) in [6.45, 7) is 7.61. The molecule has 0 amide bonds. The molecular weight excluding hydrogens is 364 g/mol. The lowest BCUT2D eigenvalue weighted by molar-refractivity contribution is 0.0732. The van der Waals surface area contributed by atoms with Gasteiger partial charge in [-0.05, 0) is 79.6 Å². The van der Waals surface area contributed by atoms with E-state index in [1.54, 1.807) is 18.2 Å². The van der Waals surface area contributed by atoms with Gasteiger partial charge in [0.2, 0.25) is 0 Å². The van der Waals surface area contributed by atoms with Gasteiger partial charge in [0, 0.05) is 5.56 Å². The Kier molecular flexibility index (Phi) is 5.83. The number of aromatic hydroxyl groups is 1. The maximum atomic E-state index is 12.5. The van der Waals surface area contributed by atoms with Crippen LogP contribution in [0.15, 0.2) is 48.5 Å². The van der Waals surface area contributed by atoms with Crippen LogP contribution in [-0.2, 0) is 6.42 Å². The fourth-order valence-corrected chi connectivity index (χ4v) is 3.58. The van der Waals surface area contributed by atoms with Crippen LogP contribution >= 0.6 is 0 Å². The van der Waals surface area contributed by atoms with Gasteiger partial charge in [-0.2, -0.15) is 0 Å². The lowest BCUT2D eigenvalue weighted by Gasteiger charge is -2.14. The molecule has 3 aromatic rings. The monoisotopic (exact) mass is 388 g/mol. The summed E-state index contributed by atoms with van der Waals surface area (Å²) in [5.74, 6) is 0.382. The Morgan fingerprint density at radius 1 is 0.897 bits per heavy atom. The summed E-state index contributed by atoms with van der Waals surface area (Å²) in [6.07, 6.45) is 1.42. The normalized spacial score (nSPS) is 10.6. The minimum absolute atomic E-state index is 0.335. The molecule has 0 fully saturated rings. The zero-order valence-electron chi connectivity index (χ0n) is 17.1. The predicted molar refractivity (Wildman–Crippen MR) is 113 cm³/mol. The highest BCUT2D eigenvalue weighted by atomic mass is 16.5. The van der Waals surface area contributed by atoms with Gasteiger partial charge in [-0.15, -0.1) is 0 Å². The number of esters is 1. The highest BCUT2D eigenvalue weighted by Crippen LogP contribution is 2.29. The summed E-state index contributed by atoms with van der Waals surface area (Å²) in [5, 5.41) is 9.96. The van der Waals surface area contributed by atoms with Crippen LogP contribution in [0.3, 0.4) is 0 Å². The summed E-state index contributed by atoms with van der Waals surface area (Å²) >= 11 is 0. The Morgan fingerprint density at radius 2 is 1.45 bits per heavy atom. The highest BCUT2D eigenvalue weighted by Gasteiger charge is 2.14.